The van der Waals surface area contributed by atoms with Crippen LogP contribution in [0.2, 0.25) is 0 Å². The fraction of sp³-hybridized carbons (Fsp3) is 0.308. The Hall–Kier alpha value is -2.66. The molecule has 1 N–H and O–H groups in total. The number of nitrogens with zero attached hydrogens (tertiary/aromatic N) is 4. The number of hydrogen-bond donors (Lipinski definition) is 1. The minimum Gasteiger partial charge on any atom is -0.372 e. The van der Waals surface area contributed by atoms with Crippen LogP contribution in [0, 0.1) is 5.92 Å². The van der Waals surface area contributed by atoms with Gasteiger partial charge in [0.05, 0.1) is 23.8 Å². The first kappa shape index (κ1) is 23.7. The van der Waals surface area contributed by atoms with E-state index in [0.29, 0.717) is 17.7 Å². The second-order valence-electron chi connectivity index (χ2n) is 9.09. The average molecular weight is 536 g/mol. The molecule has 7 nitrogen and oxygen atoms in total. The molecule has 1 unspecified atom stereocenters. The zero-order chi connectivity index (χ0) is 24.8. The maximum atomic E-state index is 12.9. The summed E-state index contributed by atoms with van der Waals surface area (Å²) in [6.45, 7) is 5.00. The number of thioether (sulfide) groups is 2. The van der Waals surface area contributed by atoms with Gasteiger partial charge < -0.3 is 10.1 Å². The number of carbonyl (C=O) groups excluding carboxylic acids is 1. The second-order valence-corrected chi connectivity index (χ2v) is 11.9. The van der Waals surface area contributed by atoms with Crippen LogP contribution in [-0.4, -0.2) is 43.6 Å². The maximum absolute atomic E-state index is 12.9. The van der Waals surface area contributed by atoms with Crippen LogP contribution in [0.4, 0.5) is 5.69 Å². The number of rotatable bonds is 6. The molecule has 0 bridgehead atoms. The summed E-state index contributed by atoms with van der Waals surface area (Å²) in [6, 6.07) is 14.0. The van der Waals surface area contributed by atoms with E-state index >= 15 is 0 Å². The molecule has 1 atom stereocenters. The standard InChI is InChI=1S/C26H25N5O2S3/c1-14(2)19-11-17-20(12-33-19)36-24-22(17)23-29-30-26(31(23)25(28-24)34-3)35-13-21(32)27-18-10-6-8-15-7-4-5-9-16(15)18/h4-10,14,19H,11-13H2,1-3H3,(H,27,32). The molecule has 1 aliphatic heterocycles. The molecule has 0 aliphatic carbocycles. The fourth-order valence-corrected chi connectivity index (χ4v) is 7.14. The monoisotopic (exact) mass is 535 g/mol. The van der Waals surface area contributed by atoms with E-state index in [4.69, 9.17) is 9.72 Å². The van der Waals surface area contributed by atoms with Crippen molar-refractivity contribution >= 4 is 73.1 Å². The van der Waals surface area contributed by atoms with E-state index in [1.165, 1.54) is 22.2 Å². The number of ether oxygens (including phenoxy) is 1. The molecule has 10 heteroatoms. The Morgan fingerprint density at radius 3 is 2.86 bits per heavy atom. The zero-order valence-electron chi connectivity index (χ0n) is 20.1. The van der Waals surface area contributed by atoms with Crippen molar-refractivity contribution in [2.24, 2.45) is 5.92 Å². The highest BCUT2D eigenvalue weighted by atomic mass is 32.2. The summed E-state index contributed by atoms with van der Waals surface area (Å²) in [5, 5.41) is 16.8. The topological polar surface area (TPSA) is 81.4 Å². The first-order chi connectivity index (χ1) is 17.5. The van der Waals surface area contributed by atoms with Gasteiger partial charge in [0.15, 0.2) is 16.0 Å². The number of amides is 1. The number of nitrogens with one attached hydrogen (secondary N) is 1. The van der Waals surface area contributed by atoms with Crippen molar-refractivity contribution in [1.29, 1.82) is 0 Å². The Morgan fingerprint density at radius 2 is 2.03 bits per heavy atom. The van der Waals surface area contributed by atoms with Gasteiger partial charge in [0.25, 0.3) is 0 Å². The summed E-state index contributed by atoms with van der Waals surface area (Å²) in [5.74, 6) is 0.574. The van der Waals surface area contributed by atoms with Crippen molar-refractivity contribution in [2.75, 3.05) is 17.3 Å². The minimum atomic E-state index is -0.0855. The summed E-state index contributed by atoms with van der Waals surface area (Å²) >= 11 is 4.62. The molecule has 1 amide bonds. The lowest BCUT2D eigenvalue weighted by molar-refractivity contribution is -0.113. The van der Waals surface area contributed by atoms with Crippen LogP contribution in [0.3, 0.4) is 0 Å². The van der Waals surface area contributed by atoms with E-state index in [2.05, 4.69) is 29.4 Å². The van der Waals surface area contributed by atoms with E-state index in [9.17, 15) is 4.79 Å². The SMILES string of the molecule is CSc1nc2sc3c(c2c2nnc(SCC(=O)Nc4cccc5ccccc45)n12)CC(C(C)C)OC3. The van der Waals surface area contributed by atoms with E-state index in [-0.39, 0.29) is 17.8 Å². The normalized spacial score (nSPS) is 15.7. The third-order valence-electron chi connectivity index (χ3n) is 6.47. The minimum absolute atomic E-state index is 0.0855. The predicted molar refractivity (Wildman–Crippen MR) is 148 cm³/mol. The van der Waals surface area contributed by atoms with Crippen LogP contribution >= 0.6 is 34.9 Å². The van der Waals surface area contributed by atoms with E-state index in [1.54, 1.807) is 23.1 Å². The van der Waals surface area contributed by atoms with Gasteiger partial charge in [0, 0.05) is 22.4 Å². The average Bonchev–Trinajstić information content (AvgIpc) is 3.47. The smallest absolute Gasteiger partial charge is 0.234 e. The summed E-state index contributed by atoms with van der Waals surface area (Å²) in [5.41, 5.74) is 2.90. The fourth-order valence-electron chi connectivity index (χ4n) is 4.63. The maximum Gasteiger partial charge on any atom is 0.234 e. The van der Waals surface area contributed by atoms with Crippen LogP contribution in [0.5, 0.6) is 0 Å². The van der Waals surface area contributed by atoms with Crippen LogP contribution in [-0.2, 0) is 22.6 Å². The first-order valence-corrected chi connectivity index (χ1v) is 14.8. The number of fused-ring (bicyclic) bond motifs is 6. The molecular formula is C26H25N5O2S3. The predicted octanol–water partition coefficient (Wildman–Crippen LogP) is 6.04. The molecule has 4 heterocycles. The molecule has 2 aromatic carbocycles. The Balaban J connectivity index is 1.30. The van der Waals surface area contributed by atoms with Crippen molar-refractivity contribution < 1.29 is 9.53 Å². The molecule has 0 spiro atoms. The van der Waals surface area contributed by atoms with Gasteiger partial charge in [-0.1, -0.05) is 73.8 Å². The molecule has 5 aromatic rings. The lowest BCUT2D eigenvalue weighted by atomic mass is 9.96. The van der Waals surface area contributed by atoms with Crippen molar-refractivity contribution in [1.82, 2.24) is 19.6 Å². The van der Waals surface area contributed by atoms with Gasteiger partial charge in [0.2, 0.25) is 5.91 Å². The van der Waals surface area contributed by atoms with Crippen molar-refractivity contribution in [3.05, 3.63) is 52.9 Å². The van der Waals surface area contributed by atoms with Crippen LogP contribution in [0.1, 0.15) is 24.3 Å². The number of hydrogen-bond acceptors (Lipinski definition) is 8. The summed E-state index contributed by atoms with van der Waals surface area (Å²) in [6.07, 6.45) is 3.04. The van der Waals surface area contributed by atoms with Crippen LogP contribution < -0.4 is 5.32 Å². The number of carbonyl (C=O) groups is 1. The van der Waals surface area contributed by atoms with Gasteiger partial charge in [0.1, 0.15) is 4.83 Å². The van der Waals surface area contributed by atoms with Crippen molar-refractivity contribution in [3.8, 4) is 0 Å². The van der Waals surface area contributed by atoms with Crippen molar-refractivity contribution in [2.45, 2.75) is 43.3 Å². The Morgan fingerprint density at radius 1 is 1.19 bits per heavy atom. The quantitative estimate of drug-likeness (QED) is 0.210. The van der Waals surface area contributed by atoms with Gasteiger partial charge in [-0.25, -0.2) is 9.38 Å². The molecule has 1 aliphatic rings. The van der Waals surface area contributed by atoms with Crippen LogP contribution in [0.15, 0.2) is 52.8 Å². The zero-order valence-corrected chi connectivity index (χ0v) is 22.6. The third kappa shape index (κ3) is 4.15. The number of aromatic nitrogens is 4. The molecule has 6 rings (SSSR count). The summed E-state index contributed by atoms with van der Waals surface area (Å²) < 4.78 is 8.09. The number of benzene rings is 2. The second kappa shape index (κ2) is 9.66. The largest absolute Gasteiger partial charge is 0.372 e. The van der Waals surface area contributed by atoms with Gasteiger partial charge in [-0.15, -0.1) is 21.5 Å². The lowest BCUT2D eigenvalue weighted by Crippen LogP contribution is -2.26. The highest BCUT2D eigenvalue weighted by Crippen LogP contribution is 2.40. The third-order valence-corrected chi connectivity index (χ3v) is 9.14. The van der Waals surface area contributed by atoms with Gasteiger partial charge in [-0.3, -0.25) is 4.79 Å². The number of thiophene rings is 1. The number of anilines is 1. The molecule has 3 aromatic heterocycles. The van der Waals surface area contributed by atoms with Gasteiger partial charge in [-0.2, -0.15) is 0 Å². The molecule has 184 valence electrons. The Bertz CT molecular complexity index is 1600. The molecule has 36 heavy (non-hydrogen) atoms. The van der Waals surface area contributed by atoms with E-state index in [1.807, 2.05) is 53.1 Å². The van der Waals surface area contributed by atoms with Crippen molar-refractivity contribution in [3.63, 3.8) is 0 Å². The van der Waals surface area contributed by atoms with Gasteiger partial charge >= 0.3 is 0 Å². The highest BCUT2D eigenvalue weighted by Gasteiger charge is 2.29. The first-order valence-electron chi connectivity index (χ1n) is 11.8. The van der Waals surface area contributed by atoms with Gasteiger partial charge in [-0.05, 0) is 29.2 Å². The Kier molecular flexibility index (Phi) is 6.37. The van der Waals surface area contributed by atoms with E-state index in [0.717, 1.165) is 43.9 Å². The molecule has 0 saturated carbocycles. The molecule has 0 radical (unpaired) electrons. The molecule has 0 saturated heterocycles. The summed E-state index contributed by atoms with van der Waals surface area (Å²) in [4.78, 5) is 20.0. The van der Waals surface area contributed by atoms with Crippen LogP contribution in [0.25, 0.3) is 26.6 Å². The molecule has 0 fully saturated rings. The Labute approximate surface area is 221 Å². The van der Waals surface area contributed by atoms with E-state index < -0.39 is 0 Å². The lowest BCUT2D eigenvalue weighted by Gasteiger charge is -2.26. The molecular weight excluding hydrogens is 511 g/mol. The highest BCUT2D eigenvalue weighted by molar-refractivity contribution is 8.00. The summed E-state index contributed by atoms with van der Waals surface area (Å²) in [7, 11) is 0.